The monoisotopic (exact) mass is 468 g/mol. The van der Waals surface area contributed by atoms with E-state index in [9.17, 15) is 9.59 Å². The van der Waals surface area contributed by atoms with Gasteiger partial charge in [0.05, 0.1) is 6.42 Å². The molecule has 30 heavy (non-hydrogen) atoms. The quantitative estimate of drug-likeness (QED) is 0.440. The van der Waals surface area contributed by atoms with E-state index < -0.39 is 6.04 Å². The number of nitrogens with one attached hydrogen (secondary N) is 1. The molecule has 7 heteroatoms. The number of halogens is 3. The molecule has 0 heterocycles. The van der Waals surface area contributed by atoms with Crippen LogP contribution < -0.4 is 5.32 Å². The molecule has 0 radical (unpaired) electrons. The van der Waals surface area contributed by atoms with E-state index in [1.54, 1.807) is 35.2 Å². The van der Waals surface area contributed by atoms with Crippen LogP contribution >= 0.6 is 34.8 Å². The molecular weight excluding hydrogens is 443 g/mol. The Morgan fingerprint density at radius 2 is 1.67 bits per heavy atom. The van der Waals surface area contributed by atoms with E-state index in [0.717, 1.165) is 24.0 Å². The van der Waals surface area contributed by atoms with Crippen LogP contribution in [0.15, 0.2) is 42.5 Å². The highest BCUT2D eigenvalue weighted by molar-refractivity contribution is 6.35. The summed E-state index contributed by atoms with van der Waals surface area (Å²) in [5.74, 6) is -0.304. The van der Waals surface area contributed by atoms with Crippen LogP contribution in [0.1, 0.15) is 44.2 Å². The molecular formula is C23H27Cl3N2O2. The van der Waals surface area contributed by atoms with Crippen LogP contribution in [0, 0.1) is 0 Å². The number of unbranched alkanes of at least 4 members (excludes halogenated alkanes) is 1. The number of rotatable bonds is 10. The molecule has 0 saturated heterocycles. The summed E-state index contributed by atoms with van der Waals surface area (Å²) in [4.78, 5) is 27.7. The Balaban J connectivity index is 2.28. The molecule has 2 aromatic rings. The fourth-order valence-electron chi connectivity index (χ4n) is 3.14. The molecule has 2 aromatic carbocycles. The van der Waals surface area contributed by atoms with Crippen LogP contribution in [-0.2, 0) is 22.6 Å². The summed E-state index contributed by atoms with van der Waals surface area (Å²) < 4.78 is 0. The van der Waals surface area contributed by atoms with Gasteiger partial charge < -0.3 is 10.2 Å². The third-order valence-electron chi connectivity index (χ3n) is 4.84. The van der Waals surface area contributed by atoms with E-state index in [2.05, 4.69) is 12.2 Å². The van der Waals surface area contributed by atoms with Crippen molar-refractivity contribution in [2.24, 2.45) is 0 Å². The molecule has 0 spiro atoms. The van der Waals surface area contributed by atoms with Crippen LogP contribution in [0.4, 0.5) is 0 Å². The smallest absolute Gasteiger partial charge is 0.242 e. The van der Waals surface area contributed by atoms with Crippen LogP contribution in [0.2, 0.25) is 15.1 Å². The van der Waals surface area contributed by atoms with Gasteiger partial charge in [-0.15, -0.1) is 0 Å². The molecule has 162 valence electrons. The first-order valence-corrected chi connectivity index (χ1v) is 11.2. The minimum Gasteiger partial charge on any atom is -0.354 e. The van der Waals surface area contributed by atoms with Gasteiger partial charge in [-0.05, 0) is 48.2 Å². The molecule has 0 unspecified atom stereocenters. The highest BCUT2D eigenvalue weighted by Crippen LogP contribution is 2.24. The van der Waals surface area contributed by atoms with Crippen LogP contribution in [-0.4, -0.2) is 29.3 Å². The standard InChI is InChI=1S/C23H27Cl3N2O2/c1-3-5-12-27-23(30)21(4-2)28(15-17-8-11-19(25)14-20(17)26)22(29)13-16-6-9-18(24)10-7-16/h6-11,14,21H,3-5,12-13,15H2,1-2H3,(H,27,30)/t21-/m1/s1. The molecule has 0 aliphatic rings. The van der Waals surface area contributed by atoms with E-state index in [1.807, 2.05) is 19.1 Å². The van der Waals surface area contributed by atoms with E-state index >= 15 is 0 Å². The van der Waals surface area contributed by atoms with E-state index in [4.69, 9.17) is 34.8 Å². The third-order valence-corrected chi connectivity index (χ3v) is 5.68. The minimum atomic E-state index is -0.589. The summed E-state index contributed by atoms with van der Waals surface area (Å²) >= 11 is 18.3. The van der Waals surface area contributed by atoms with Gasteiger partial charge in [0.15, 0.2) is 0 Å². The van der Waals surface area contributed by atoms with E-state index in [-0.39, 0.29) is 24.8 Å². The van der Waals surface area contributed by atoms with Gasteiger partial charge in [-0.1, -0.05) is 73.3 Å². The summed E-state index contributed by atoms with van der Waals surface area (Å²) in [6, 6.07) is 11.7. The van der Waals surface area contributed by atoms with Crippen LogP contribution in [0.3, 0.4) is 0 Å². The minimum absolute atomic E-state index is 0.152. The second-order valence-corrected chi connectivity index (χ2v) is 8.41. The lowest BCUT2D eigenvalue weighted by Gasteiger charge is -2.31. The summed E-state index contributed by atoms with van der Waals surface area (Å²) in [6.07, 6.45) is 2.54. The topological polar surface area (TPSA) is 49.4 Å². The van der Waals surface area contributed by atoms with Crippen molar-refractivity contribution < 1.29 is 9.59 Å². The first-order valence-electron chi connectivity index (χ1n) is 10.1. The van der Waals surface area contributed by atoms with Gasteiger partial charge in [0.2, 0.25) is 11.8 Å². The molecule has 1 atom stereocenters. The Morgan fingerprint density at radius 3 is 2.27 bits per heavy atom. The van der Waals surface area contributed by atoms with Gasteiger partial charge in [0, 0.05) is 28.2 Å². The van der Waals surface area contributed by atoms with Crippen molar-refractivity contribution >= 4 is 46.6 Å². The molecule has 0 saturated carbocycles. The molecule has 0 fully saturated rings. The van der Waals surface area contributed by atoms with Gasteiger partial charge in [-0.3, -0.25) is 9.59 Å². The maximum atomic E-state index is 13.3. The lowest BCUT2D eigenvalue weighted by molar-refractivity contribution is -0.140. The highest BCUT2D eigenvalue weighted by Gasteiger charge is 2.29. The molecule has 0 bridgehead atoms. The first kappa shape index (κ1) is 24.5. The number of carbonyl (C=O) groups excluding carboxylic acids is 2. The Bertz CT molecular complexity index is 856. The van der Waals surface area contributed by atoms with Crippen molar-refractivity contribution in [1.29, 1.82) is 0 Å². The van der Waals surface area contributed by atoms with Gasteiger partial charge >= 0.3 is 0 Å². The zero-order valence-corrected chi connectivity index (χ0v) is 19.5. The SMILES string of the molecule is CCCCNC(=O)[C@@H](CC)N(Cc1ccc(Cl)cc1Cl)C(=O)Cc1ccc(Cl)cc1. The van der Waals surface area contributed by atoms with Crippen LogP contribution in [0.25, 0.3) is 0 Å². The first-order chi connectivity index (χ1) is 14.3. The molecule has 4 nitrogen and oxygen atoms in total. The van der Waals surface area contributed by atoms with E-state index in [1.165, 1.54) is 0 Å². The van der Waals surface area contributed by atoms with Gasteiger partial charge in [0.1, 0.15) is 6.04 Å². The molecule has 1 N–H and O–H groups in total. The summed E-state index contributed by atoms with van der Waals surface area (Å²) in [7, 11) is 0. The predicted molar refractivity (Wildman–Crippen MR) is 124 cm³/mol. The summed E-state index contributed by atoms with van der Waals surface area (Å²) in [6.45, 7) is 4.78. The van der Waals surface area contributed by atoms with Gasteiger partial charge in [-0.2, -0.15) is 0 Å². The normalized spacial score (nSPS) is 11.8. The average molecular weight is 470 g/mol. The molecule has 0 aliphatic heterocycles. The lowest BCUT2D eigenvalue weighted by atomic mass is 10.1. The van der Waals surface area contributed by atoms with Crippen molar-refractivity contribution in [3.8, 4) is 0 Å². The fourth-order valence-corrected chi connectivity index (χ4v) is 3.73. The maximum Gasteiger partial charge on any atom is 0.242 e. The number of benzene rings is 2. The van der Waals surface area contributed by atoms with Gasteiger partial charge in [0.25, 0.3) is 0 Å². The largest absolute Gasteiger partial charge is 0.354 e. The van der Waals surface area contributed by atoms with Crippen molar-refractivity contribution in [3.05, 3.63) is 68.7 Å². The lowest BCUT2D eigenvalue weighted by Crippen LogP contribution is -2.49. The van der Waals surface area contributed by atoms with Crippen molar-refractivity contribution in [2.45, 2.75) is 52.1 Å². The van der Waals surface area contributed by atoms with Crippen molar-refractivity contribution in [3.63, 3.8) is 0 Å². The van der Waals surface area contributed by atoms with Gasteiger partial charge in [-0.25, -0.2) is 0 Å². The number of amides is 2. The second kappa shape index (κ2) is 12.2. The van der Waals surface area contributed by atoms with Crippen LogP contribution in [0.5, 0.6) is 0 Å². The van der Waals surface area contributed by atoms with Crippen molar-refractivity contribution in [2.75, 3.05) is 6.54 Å². The summed E-state index contributed by atoms with van der Waals surface area (Å²) in [5, 5.41) is 4.54. The fraction of sp³-hybridized carbons (Fsp3) is 0.391. The second-order valence-electron chi connectivity index (χ2n) is 7.13. The Kier molecular flexibility index (Phi) is 9.96. The van der Waals surface area contributed by atoms with E-state index in [0.29, 0.717) is 28.0 Å². The zero-order valence-electron chi connectivity index (χ0n) is 17.3. The van der Waals surface area contributed by atoms with Crippen molar-refractivity contribution in [1.82, 2.24) is 10.2 Å². The third kappa shape index (κ3) is 7.19. The molecule has 2 amide bonds. The highest BCUT2D eigenvalue weighted by atomic mass is 35.5. The molecule has 0 aliphatic carbocycles. The Labute approximate surface area is 193 Å². The maximum absolute atomic E-state index is 13.3. The molecule has 0 aromatic heterocycles. The Morgan fingerprint density at radius 1 is 1.00 bits per heavy atom. The number of hydrogen-bond donors (Lipinski definition) is 1. The average Bonchev–Trinajstić information content (AvgIpc) is 2.71. The molecule has 2 rings (SSSR count). The number of nitrogens with zero attached hydrogens (tertiary/aromatic N) is 1. The number of hydrogen-bond acceptors (Lipinski definition) is 2. The Hall–Kier alpha value is -1.75. The summed E-state index contributed by atoms with van der Waals surface area (Å²) in [5.41, 5.74) is 1.57. The number of carbonyl (C=O) groups is 2. The zero-order chi connectivity index (χ0) is 22.1. The predicted octanol–water partition coefficient (Wildman–Crippen LogP) is 5.91.